The first kappa shape index (κ1) is 15.7. The normalized spacial score (nSPS) is 12.8. The zero-order chi connectivity index (χ0) is 14.6. The van der Waals surface area contributed by atoms with Crippen LogP contribution in [0.15, 0.2) is 28.7 Å². The summed E-state index contributed by atoms with van der Waals surface area (Å²) in [7, 11) is 0. The Hall–Kier alpha value is -1.36. The van der Waals surface area contributed by atoms with Gasteiger partial charge >= 0.3 is 5.97 Å². The molecular formula is C14H18BrNO3. The van der Waals surface area contributed by atoms with Crippen LogP contribution in [0.2, 0.25) is 0 Å². The predicted octanol–water partition coefficient (Wildman–Crippen LogP) is 3.07. The van der Waals surface area contributed by atoms with Crippen LogP contribution in [0.4, 0.5) is 0 Å². The molecule has 104 valence electrons. The lowest BCUT2D eigenvalue weighted by Crippen LogP contribution is -2.45. The van der Waals surface area contributed by atoms with E-state index in [4.69, 9.17) is 5.11 Å². The Balaban J connectivity index is 2.81. The average molecular weight is 328 g/mol. The summed E-state index contributed by atoms with van der Waals surface area (Å²) in [4.78, 5) is 22.9. The van der Waals surface area contributed by atoms with Crippen LogP contribution in [0.25, 0.3) is 0 Å². The predicted molar refractivity (Wildman–Crippen MR) is 77.1 cm³/mol. The molecule has 2 N–H and O–H groups in total. The van der Waals surface area contributed by atoms with E-state index in [0.29, 0.717) is 5.56 Å². The molecule has 0 saturated heterocycles. The number of amides is 1. The van der Waals surface area contributed by atoms with E-state index in [1.165, 1.54) is 0 Å². The minimum Gasteiger partial charge on any atom is -0.481 e. The molecule has 0 fully saturated rings. The van der Waals surface area contributed by atoms with Gasteiger partial charge in [-0.25, -0.2) is 0 Å². The molecule has 0 aliphatic heterocycles. The lowest BCUT2D eigenvalue weighted by atomic mass is 9.84. The molecule has 1 unspecified atom stereocenters. The number of benzene rings is 1. The quantitative estimate of drug-likeness (QED) is 0.893. The summed E-state index contributed by atoms with van der Waals surface area (Å²) in [6, 6.07) is 6.53. The van der Waals surface area contributed by atoms with Gasteiger partial charge in [-0.1, -0.05) is 36.7 Å². The van der Waals surface area contributed by atoms with Gasteiger partial charge in [0, 0.05) is 16.1 Å². The second-order valence-electron chi connectivity index (χ2n) is 5.50. The number of carboxylic acid groups (broad SMARTS) is 1. The van der Waals surface area contributed by atoms with Crippen molar-refractivity contribution in [3.05, 3.63) is 34.3 Å². The van der Waals surface area contributed by atoms with Crippen molar-refractivity contribution in [2.75, 3.05) is 0 Å². The molecule has 0 spiro atoms. The number of nitrogens with one attached hydrogen (secondary N) is 1. The largest absolute Gasteiger partial charge is 0.481 e. The Morgan fingerprint density at radius 3 is 2.21 bits per heavy atom. The second-order valence-corrected chi connectivity index (χ2v) is 6.41. The number of carbonyl (C=O) groups is 2. The topological polar surface area (TPSA) is 66.4 Å². The molecule has 0 radical (unpaired) electrons. The summed E-state index contributed by atoms with van der Waals surface area (Å²) in [6.45, 7) is 5.72. The van der Waals surface area contributed by atoms with E-state index in [1.54, 1.807) is 24.3 Å². The lowest BCUT2D eigenvalue weighted by Gasteiger charge is -2.30. The standard InChI is InChI=1S/C14H18BrNO3/c1-14(2,3)11(8-12(17)18)16-13(19)9-4-6-10(15)7-5-9/h4-7,11H,8H2,1-3H3,(H,16,19)(H,17,18). The smallest absolute Gasteiger partial charge is 0.305 e. The van der Waals surface area contributed by atoms with Gasteiger partial charge in [-0.2, -0.15) is 0 Å². The maximum absolute atomic E-state index is 12.1. The number of halogens is 1. The van der Waals surface area contributed by atoms with Crippen molar-refractivity contribution < 1.29 is 14.7 Å². The van der Waals surface area contributed by atoms with Crippen molar-refractivity contribution in [3.8, 4) is 0 Å². The molecule has 0 aromatic heterocycles. The zero-order valence-electron chi connectivity index (χ0n) is 11.2. The maximum atomic E-state index is 12.1. The van der Waals surface area contributed by atoms with E-state index in [0.717, 1.165) is 4.47 Å². The number of hydrogen-bond donors (Lipinski definition) is 2. The van der Waals surface area contributed by atoms with E-state index in [2.05, 4.69) is 21.2 Å². The molecule has 0 bridgehead atoms. The van der Waals surface area contributed by atoms with Crippen molar-refractivity contribution in [2.45, 2.75) is 33.2 Å². The van der Waals surface area contributed by atoms with Gasteiger partial charge in [-0.15, -0.1) is 0 Å². The van der Waals surface area contributed by atoms with Gasteiger partial charge in [0.1, 0.15) is 0 Å². The lowest BCUT2D eigenvalue weighted by molar-refractivity contribution is -0.138. The molecule has 0 saturated carbocycles. The van der Waals surface area contributed by atoms with Crippen LogP contribution in [-0.2, 0) is 4.79 Å². The Morgan fingerprint density at radius 2 is 1.79 bits per heavy atom. The van der Waals surface area contributed by atoms with Gasteiger partial charge in [0.2, 0.25) is 0 Å². The van der Waals surface area contributed by atoms with E-state index in [1.807, 2.05) is 20.8 Å². The fraction of sp³-hybridized carbons (Fsp3) is 0.429. The van der Waals surface area contributed by atoms with Crippen molar-refractivity contribution in [1.29, 1.82) is 0 Å². The third kappa shape index (κ3) is 5.03. The molecular weight excluding hydrogens is 310 g/mol. The Bertz CT molecular complexity index is 463. The molecule has 5 heteroatoms. The highest BCUT2D eigenvalue weighted by atomic mass is 79.9. The van der Waals surface area contributed by atoms with Crippen LogP contribution >= 0.6 is 15.9 Å². The molecule has 1 rings (SSSR count). The summed E-state index contributed by atoms with van der Waals surface area (Å²) in [5.41, 5.74) is 0.200. The minimum atomic E-state index is -0.920. The van der Waals surface area contributed by atoms with Gasteiger partial charge in [0.05, 0.1) is 6.42 Å². The molecule has 4 nitrogen and oxygen atoms in total. The number of aliphatic carboxylic acids is 1. The van der Waals surface area contributed by atoms with E-state index in [-0.39, 0.29) is 17.7 Å². The molecule has 0 aliphatic rings. The van der Waals surface area contributed by atoms with Crippen molar-refractivity contribution in [2.24, 2.45) is 5.41 Å². The second kappa shape index (κ2) is 6.19. The summed E-state index contributed by atoms with van der Waals surface area (Å²) >= 11 is 3.30. The van der Waals surface area contributed by atoms with Crippen LogP contribution in [-0.4, -0.2) is 23.0 Å². The van der Waals surface area contributed by atoms with Gasteiger partial charge in [0.15, 0.2) is 0 Å². The SMILES string of the molecule is CC(C)(C)C(CC(=O)O)NC(=O)c1ccc(Br)cc1. The Labute approximate surface area is 121 Å². The summed E-state index contributed by atoms with van der Waals surface area (Å²) in [6.07, 6.45) is -0.0915. The van der Waals surface area contributed by atoms with Crippen LogP contribution in [0.3, 0.4) is 0 Å². The molecule has 0 heterocycles. The molecule has 1 atom stereocenters. The highest BCUT2D eigenvalue weighted by molar-refractivity contribution is 9.10. The summed E-state index contributed by atoms with van der Waals surface area (Å²) in [5.74, 6) is -1.18. The highest BCUT2D eigenvalue weighted by Gasteiger charge is 2.28. The van der Waals surface area contributed by atoms with Crippen LogP contribution in [0, 0.1) is 5.41 Å². The first-order valence-electron chi connectivity index (χ1n) is 5.98. The molecule has 1 aromatic rings. The molecule has 0 aliphatic carbocycles. The van der Waals surface area contributed by atoms with Crippen LogP contribution in [0.1, 0.15) is 37.6 Å². The van der Waals surface area contributed by atoms with Crippen molar-refractivity contribution in [3.63, 3.8) is 0 Å². The van der Waals surface area contributed by atoms with Crippen LogP contribution in [0.5, 0.6) is 0 Å². The number of rotatable bonds is 4. The van der Waals surface area contributed by atoms with Gasteiger partial charge < -0.3 is 10.4 Å². The summed E-state index contributed by atoms with van der Waals surface area (Å²) in [5, 5.41) is 11.7. The fourth-order valence-electron chi connectivity index (χ4n) is 1.59. The third-order valence-electron chi connectivity index (χ3n) is 2.84. The van der Waals surface area contributed by atoms with E-state index < -0.39 is 12.0 Å². The zero-order valence-corrected chi connectivity index (χ0v) is 12.8. The third-order valence-corrected chi connectivity index (χ3v) is 3.36. The van der Waals surface area contributed by atoms with E-state index in [9.17, 15) is 9.59 Å². The molecule has 1 aromatic carbocycles. The fourth-order valence-corrected chi connectivity index (χ4v) is 1.86. The minimum absolute atomic E-state index is 0.0915. The number of hydrogen-bond acceptors (Lipinski definition) is 2. The van der Waals surface area contributed by atoms with E-state index >= 15 is 0 Å². The first-order chi connectivity index (χ1) is 8.70. The van der Waals surface area contributed by atoms with Gasteiger partial charge in [0.25, 0.3) is 5.91 Å². The summed E-state index contributed by atoms with van der Waals surface area (Å²) < 4.78 is 0.891. The first-order valence-corrected chi connectivity index (χ1v) is 6.77. The number of carbonyl (C=O) groups excluding carboxylic acids is 1. The van der Waals surface area contributed by atoms with Gasteiger partial charge in [-0.3, -0.25) is 9.59 Å². The maximum Gasteiger partial charge on any atom is 0.305 e. The van der Waals surface area contributed by atoms with Crippen LogP contribution < -0.4 is 5.32 Å². The number of carboxylic acids is 1. The van der Waals surface area contributed by atoms with Gasteiger partial charge in [-0.05, 0) is 29.7 Å². The van der Waals surface area contributed by atoms with Crippen molar-refractivity contribution in [1.82, 2.24) is 5.32 Å². The van der Waals surface area contributed by atoms with Crippen molar-refractivity contribution >= 4 is 27.8 Å². The Kier molecular flexibility index (Phi) is 5.11. The monoisotopic (exact) mass is 327 g/mol. The Morgan fingerprint density at radius 1 is 1.26 bits per heavy atom. The average Bonchev–Trinajstić information content (AvgIpc) is 2.27. The highest BCUT2D eigenvalue weighted by Crippen LogP contribution is 2.22. The molecule has 1 amide bonds. The molecule has 19 heavy (non-hydrogen) atoms.